The monoisotopic (exact) mass is 614 g/mol. The third-order valence-corrected chi connectivity index (χ3v) is 7.29. The Morgan fingerprint density at radius 2 is 1.54 bits per heavy atom. The maximum atomic E-state index is 13.1. The van der Waals surface area contributed by atoms with Crippen molar-refractivity contribution in [3.05, 3.63) is 156 Å². The maximum absolute atomic E-state index is 13.1. The van der Waals surface area contributed by atoms with E-state index in [4.69, 9.17) is 9.15 Å². The van der Waals surface area contributed by atoms with Gasteiger partial charge in [0.2, 0.25) is 0 Å². The number of rotatable bonds is 15. The van der Waals surface area contributed by atoms with Gasteiger partial charge in [-0.2, -0.15) is 0 Å². The molecule has 0 saturated carbocycles. The molecule has 0 fully saturated rings. The molecule has 0 bridgehead atoms. The number of anilines is 2. The molecule has 1 aromatic heterocycles. The third kappa shape index (κ3) is 8.60. The van der Waals surface area contributed by atoms with Crippen molar-refractivity contribution in [2.45, 2.75) is 18.9 Å². The van der Waals surface area contributed by atoms with Gasteiger partial charge in [-0.25, -0.2) is 4.79 Å². The van der Waals surface area contributed by atoms with Crippen LogP contribution in [0.5, 0.6) is 5.75 Å². The quantitative estimate of drug-likeness (QED) is 0.0733. The third-order valence-electron chi connectivity index (χ3n) is 7.29. The number of nitrogens with zero attached hydrogens (tertiary/aromatic N) is 1. The fraction of sp³-hybridized carbons (Fsp3) is 0.132. The number of ether oxygens (including phenoxy) is 1. The van der Waals surface area contributed by atoms with Crippen molar-refractivity contribution >= 4 is 35.1 Å². The molecule has 1 amide bonds. The highest BCUT2D eigenvalue weighted by molar-refractivity contribution is 6.12. The smallest absolute Gasteiger partial charge is 0.326 e. The summed E-state index contributed by atoms with van der Waals surface area (Å²) >= 11 is 0. The molecule has 0 saturated heterocycles. The summed E-state index contributed by atoms with van der Waals surface area (Å²) < 4.78 is 11.0. The standard InChI is InChI=1S/C38H34N2O6/c41-36(21-18-29-22-25-45-27-29)40(31-12-5-2-6-13-31)23-9-24-46-32-19-16-28(17-20-32)26-35(38(43)44)39-34-15-8-7-14-33(34)37(42)30-10-3-1-4-11-30/h1-8,10-22,25,27,35,39H,9,23-24,26H2,(H,43,44)/t35-/m0/s1. The maximum Gasteiger partial charge on any atom is 0.326 e. The molecule has 0 radical (unpaired) electrons. The lowest BCUT2D eigenvalue weighted by Crippen LogP contribution is -2.32. The van der Waals surface area contributed by atoms with E-state index in [9.17, 15) is 19.5 Å². The zero-order chi connectivity index (χ0) is 32.1. The molecule has 0 spiro atoms. The van der Waals surface area contributed by atoms with Crippen LogP contribution < -0.4 is 15.0 Å². The Morgan fingerprint density at radius 1 is 0.848 bits per heavy atom. The van der Waals surface area contributed by atoms with Gasteiger partial charge in [0.25, 0.3) is 5.91 Å². The summed E-state index contributed by atoms with van der Waals surface area (Å²) in [6.07, 6.45) is 7.16. The van der Waals surface area contributed by atoms with Crippen LogP contribution in [-0.2, 0) is 16.0 Å². The van der Waals surface area contributed by atoms with Crippen molar-refractivity contribution < 1.29 is 28.6 Å². The number of hydrogen-bond donors (Lipinski definition) is 2. The molecule has 1 heterocycles. The van der Waals surface area contributed by atoms with E-state index >= 15 is 0 Å². The Morgan fingerprint density at radius 3 is 2.24 bits per heavy atom. The largest absolute Gasteiger partial charge is 0.494 e. The van der Waals surface area contributed by atoms with E-state index in [1.807, 2.05) is 48.5 Å². The van der Waals surface area contributed by atoms with E-state index in [1.165, 1.54) is 6.08 Å². The number of carbonyl (C=O) groups is 3. The number of benzene rings is 4. The number of hydrogen-bond acceptors (Lipinski definition) is 6. The van der Waals surface area contributed by atoms with Gasteiger partial charge in [-0.15, -0.1) is 0 Å². The van der Waals surface area contributed by atoms with Crippen molar-refractivity contribution in [1.29, 1.82) is 0 Å². The number of carbonyl (C=O) groups excluding carboxylic acids is 2. The highest BCUT2D eigenvalue weighted by Gasteiger charge is 2.21. The lowest BCUT2D eigenvalue weighted by molar-refractivity contribution is -0.137. The van der Waals surface area contributed by atoms with E-state index < -0.39 is 12.0 Å². The number of furan rings is 1. The van der Waals surface area contributed by atoms with E-state index in [-0.39, 0.29) is 18.1 Å². The van der Waals surface area contributed by atoms with E-state index in [1.54, 1.807) is 90.2 Å². The molecule has 0 unspecified atom stereocenters. The minimum atomic E-state index is -1.03. The van der Waals surface area contributed by atoms with E-state index in [0.717, 1.165) is 16.8 Å². The number of para-hydroxylation sites is 2. The van der Waals surface area contributed by atoms with Crippen LogP contribution >= 0.6 is 0 Å². The fourth-order valence-corrected chi connectivity index (χ4v) is 4.91. The van der Waals surface area contributed by atoms with Crippen LogP contribution in [0.3, 0.4) is 0 Å². The lowest BCUT2D eigenvalue weighted by atomic mass is 10.00. The van der Waals surface area contributed by atoms with Gasteiger partial charge in [-0.05, 0) is 60.5 Å². The summed E-state index contributed by atoms with van der Waals surface area (Å²) in [5.41, 5.74) is 3.79. The normalized spacial score (nSPS) is 11.6. The molecule has 232 valence electrons. The van der Waals surface area contributed by atoms with E-state index in [2.05, 4.69) is 5.32 Å². The molecule has 8 nitrogen and oxygen atoms in total. The average molecular weight is 615 g/mol. The molecule has 5 rings (SSSR count). The molecule has 0 aliphatic rings. The second-order valence-corrected chi connectivity index (χ2v) is 10.5. The van der Waals surface area contributed by atoms with Gasteiger partial charge >= 0.3 is 5.97 Å². The summed E-state index contributed by atoms with van der Waals surface area (Å²) in [5.74, 6) is -0.721. The topological polar surface area (TPSA) is 109 Å². The molecule has 46 heavy (non-hydrogen) atoms. The van der Waals surface area contributed by atoms with Crippen LogP contribution in [0.4, 0.5) is 11.4 Å². The van der Waals surface area contributed by atoms with Crippen LogP contribution in [0.1, 0.15) is 33.5 Å². The number of carboxylic acids is 1. The van der Waals surface area contributed by atoms with Gasteiger partial charge in [0, 0.05) is 47.1 Å². The Bertz CT molecular complexity index is 1750. The zero-order valence-corrected chi connectivity index (χ0v) is 25.1. The molecule has 5 aromatic rings. The first-order valence-corrected chi connectivity index (χ1v) is 14.9. The van der Waals surface area contributed by atoms with Crippen molar-refractivity contribution in [1.82, 2.24) is 0 Å². The summed E-state index contributed by atoms with van der Waals surface area (Å²) in [7, 11) is 0. The summed E-state index contributed by atoms with van der Waals surface area (Å²) in [6.45, 7) is 0.837. The summed E-state index contributed by atoms with van der Waals surface area (Å²) in [6, 6.07) is 33.4. The van der Waals surface area contributed by atoms with Crippen molar-refractivity contribution in [3.63, 3.8) is 0 Å². The number of nitrogens with one attached hydrogen (secondary N) is 1. The average Bonchev–Trinajstić information content (AvgIpc) is 3.62. The molecule has 0 aliphatic heterocycles. The molecule has 0 aliphatic carbocycles. The number of amides is 1. The first-order chi connectivity index (χ1) is 22.5. The van der Waals surface area contributed by atoms with Gasteiger partial charge in [-0.3, -0.25) is 9.59 Å². The SMILES string of the molecule is O=C(c1ccccc1)c1ccccc1N[C@@H](Cc1ccc(OCCCN(C(=O)C=Cc2ccoc2)c2ccccc2)cc1)C(=O)O. The Balaban J connectivity index is 1.16. The minimum Gasteiger partial charge on any atom is -0.494 e. The molecular weight excluding hydrogens is 580 g/mol. The van der Waals surface area contributed by atoms with Gasteiger partial charge < -0.3 is 24.5 Å². The van der Waals surface area contributed by atoms with Gasteiger partial charge in [-0.1, -0.05) is 72.8 Å². The highest BCUT2D eigenvalue weighted by atomic mass is 16.5. The van der Waals surface area contributed by atoms with E-state index in [0.29, 0.717) is 42.1 Å². The molecule has 2 N–H and O–H groups in total. The van der Waals surface area contributed by atoms with Gasteiger partial charge in [0.05, 0.1) is 19.1 Å². The summed E-state index contributed by atoms with van der Waals surface area (Å²) in [4.78, 5) is 40.0. The Kier molecular flexibility index (Phi) is 10.8. The van der Waals surface area contributed by atoms with Crippen LogP contribution in [-0.4, -0.2) is 42.0 Å². The fourth-order valence-electron chi connectivity index (χ4n) is 4.91. The second kappa shape index (κ2) is 15.7. The first-order valence-electron chi connectivity index (χ1n) is 14.9. The molecule has 4 aromatic carbocycles. The predicted molar refractivity (Wildman–Crippen MR) is 178 cm³/mol. The predicted octanol–water partition coefficient (Wildman–Crippen LogP) is 7.13. The molecule has 8 heteroatoms. The van der Waals surface area contributed by atoms with Crippen molar-refractivity contribution in [2.75, 3.05) is 23.4 Å². The zero-order valence-electron chi connectivity index (χ0n) is 25.1. The first kappa shape index (κ1) is 31.5. The number of aliphatic carboxylic acids is 1. The number of ketones is 1. The number of carboxylic acid groups (broad SMARTS) is 1. The highest BCUT2D eigenvalue weighted by Crippen LogP contribution is 2.22. The molecular formula is C38H34N2O6. The van der Waals surface area contributed by atoms with Crippen molar-refractivity contribution in [3.8, 4) is 5.75 Å². The second-order valence-electron chi connectivity index (χ2n) is 10.5. The van der Waals surface area contributed by atoms with Crippen molar-refractivity contribution in [2.24, 2.45) is 0 Å². The van der Waals surface area contributed by atoms with Crippen LogP contribution in [0, 0.1) is 0 Å². The van der Waals surface area contributed by atoms with Crippen LogP contribution in [0.15, 0.2) is 138 Å². The van der Waals surface area contributed by atoms with Crippen LogP contribution in [0.2, 0.25) is 0 Å². The Labute approximate surface area is 267 Å². The van der Waals surface area contributed by atoms with Gasteiger partial charge in [0.15, 0.2) is 5.78 Å². The minimum absolute atomic E-state index is 0.148. The van der Waals surface area contributed by atoms with Gasteiger partial charge in [0.1, 0.15) is 11.8 Å². The Hall–Kier alpha value is -5.89. The molecule has 1 atom stereocenters. The lowest BCUT2D eigenvalue weighted by Gasteiger charge is -2.21. The summed E-state index contributed by atoms with van der Waals surface area (Å²) in [5, 5.41) is 13.0. The van der Waals surface area contributed by atoms with Crippen LogP contribution in [0.25, 0.3) is 6.08 Å².